The number of rotatable bonds is 6. The average Bonchev–Trinajstić information content (AvgIpc) is 2.26. The number of hydrogen-bond acceptors (Lipinski definition) is 4. The Bertz CT molecular complexity index is 355. The zero-order chi connectivity index (χ0) is 12.0. The summed E-state index contributed by atoms with van der Waals surface area (Å²) < 4.78 is 4.99. The molecule has 1 atom stereocenters. The Morgan fingerprint density at radius 3 is 3.06 bits per heavy atom. The van der Waals surface area contributed by atoms with Crippen LogP contribution in [-0.2, 0) is 4.74 Å². The molecule has 0 aliphatic heterocycles. The summed E-state index contributed by atoms with van der Waals surface area (Å²) in [5.41, 5.74) is 6.25. The maximum absolute atomic E-state index is 10.9. The molecule has 5 nitrogen and oxygen atoms in total. The van der Waals surface area contributed by atoms with Gasteiger partial charge in [-0.05, 0) is 25.5 Å². The Morgan fingerprint density at radius 1 is 1.69 bits per heavy atom. The van der Waals surface area contributed by atoms with Crippen LogP contribution in [0.2, 0.25) is 0 Å². The molecule has 0 fully saturated rings. The molecule has 88 valence electrons. The molecule has 0 bridgehead atoms. The van der Waals surface area contributed by atoms with Gasteiger partial charge in [-0.1, -0.05) is 0 Å². The van der Waals surface area contributed by atoms with Gasteiger partial charge in [0.05, 0.1) is 0 Å². The monoisotopic (exact) mass is 223 g/mol. The number of anilines is 1. The molecule has 0 aromatic carbocycles. The second-order valence-electron chi connectivity index (χ2n) is 3.62. The van der Waals surface area contributed by atoms with Crippen LogP contribution >= 0.6 is 0 Å². The first-order valence-corrected chi connectivity index (χ1v) is 5.15. The van der Waals surface area contributed by atoms with E-state index in [-0.39, 0.29) is 11.7 Å². The van der Waals surface area contributed by atoms with Crippen LogP contribution in [0.25, 0.3) is 0 Å². The van der Waals surface area contributed by atoms with E-state index in [9.17, 15) is 4.79 Å². The van der Waals surface area contributed by atoms with Crippen LogP contribution in [0, 0.1) is 0 Å². The zero-order valence-corrected chi connectivity index (χ0v) is 9.56. The van der Waals surface area contributed by atoms with Gasteiger partial charge in [-0.25, -0.2) is 0 Å². The quantitative estimate of drug-likeness (QED) is 0.754. The molecule has 1 unspecified atom stereocenters. The Kier molecular flexibility index (Phi) is 4.72. The topological polar surface area (TPSA) is 77.2 Å². The van der Waals surface area contributed by atoms with Crippen molar-refractivity contribution >= 4 is 11.6 Å². The molecule has 1 rings (SSSR count). The first-order valence-electron chi connectivity index (χ1n) is 5.15. The van der Waals surface area contributed by atoms with Crippen molar-refractivity contribution in [3.05, 3.63) is 24.0 Å². The molecule has 5 heteroatoms. The second kappa shape index (κ2) is 6.07. The van der Waals surface area contributed by atoms with Gasteiger partial charge >= 0.3 is 0 Å². The third kappa shape index (κ3) is 3.86. The minimum Gasteiger partial charge on any atom is -0.385 e. The number of amides is 1. The number of aromatic nitrogens is 1. The highest BCUT2D eigenvalue weighted by Crippen LogP contribution is 2.10. The van der Waals surface area contributed by atoms with Gasteiger partial charge in [0.25, 0.3) is 5.91 Å². The summed E-state index contributed by atoms with van der Waals surface area (Å²) in [6.45, 7) is 2.74. The van der Waals surface area contributed by atoms with Crippen LogP contribution in [0.15, 0.2) is 18.3 Å². The third-order valence-electron chi connectivity index (χ3n) is 2.18. The fraction of sp³-hybridized carbons (Fsp3) is 0.455. The Hall–Kier alpha value is -1.62. The molecule has 0 radical (unpaired) electrons. The van der Waals surface area contributed by atoms with Gasteiger partial charge in [0.2, 0.25) is 0 Å². The first kappa shape index (κ1) is 12.4. The maximum Gasteiger partial charge on any atom is 0.267 e. The smallest absolute Gasteiger partial charge is 0.267 e. The SMILES string of the molecule is COCCC(C)Nc1ccnc(C(N)=O)c1. The first-order chi connectivity index (χ1) is 7.63. The van der Waals surface area contributed by atoms with Gasteiger partial charge in [0, 0.05) is 31.6 Å². The number of carbonyl (C=O) groups excluding carboxylic acids is 1. The van der Waals surface area contributed by atoms with Crippen molar-refractivity contribution in [3.63, 3.8) is 0 Å². The fourth-order valence-corrected chi connectivity index (χ4v) is 1.31. The third-order valence-corrected chi connectivity index (χ3v) is 2.18. The molecule has 1 amide bonds. The lowest BCUT2D eigenvalue weighted by Gasteiger charge is -2.14. The molecular weight excluding hydrogens is 206 g/mol. The van der Waals surface area contributed by atoms with E-state index in [1.54, 1.807) is 25.4 Å². The number of carbonyl (C=O) groups is 1. The van der Waals surface area contributed by atoms with E-state index in [0.29, 0.717) is 6.61 Å². The van der Waals surface area contributed by atoms with Gasteiger partial charge < -0.3 is 15.8 Å². The van der Waals surface area contributed by atoms with Crippen molar-refractivity contribution in [1.82, 2.24) is 4.98 Å². The largest absolute Gasteiger partial charge is 0.385 e. The maximum atomic E-state index is 10.9. The summed E-state index contributed by atoms with van der Waals surface area (Å²) in [6, 6.07) is 3.71. The molecule has 0 aliphatic rings. The predicted molar refractivity (Wildman–Crippen MR) is 62.3 cm³/mol. The molecule has 0 spiro atoms. The Labute approximate surface area is 95.0 Å². The number of hydrogen-bond donors (Lipinski definition) is 2. The number of nitrogens with two attached hydrogens (primary N) is 1. The lowest BCUT2D eigenvalue weighted by atomic mass is 10.2. The zero-order valence-electron chi connectivity index (χ0n) is 9.56. The highest BCUT2D eigenvalue weighted by atomic mass is 16.5. The van der Waals surface area contributed by atoms with Crippen molar-refractivity contribution in [1.29, 1.82) is 0 Å². The van der Waals surface area contributed by atoms with Crippen LogP contribution in [-0.4, -0.2) is 30.6 Å². The van der Waals surface area contributed by atoms with Gasteiger partial charge in [-0.15, -0.1) is 0 Å². The lowest BCUT2D eigenvalue weighted by molar-refractivity contribution is 0.0995. The number of ether oxygens (including phenoxy) is 1. The van der Waals surface area contributed by atoms with Gasteiger partial charge in [-0.2, -0.15) is 0 Å². The minimum absolute atomic E-state index is 0.267. The average molecular weight is 223 g/mol. The van der Waals surface area contributed by atoms with Crippen molar-refractivity contribution in [2.45, 2.75) is 19.4 Å². The van der Waals surface area contributed by atoms with Crippen LogP contribution in [0.3, 0.4) is 0 Å². The summed E-state index contributed by atoms with van der Waals surface area (Å²) in [5.74, 6) is -0.520. The van der Waals surface area contributed by atoms with Gasteiger partial charge in [-0.3, -0.25) is 9.78 Å². The van der Waals surface area contributed by atoms with Gasteiger partial charge in [0.15, 0.2) is 0 Å². The fourth-order valence-electron chi connectivity index (χ4n) is 1.31. The summed E-state index contributed by atoms with van der Waals surface area (Å²) in [4.78, 5) is 14.8. The molecule has 0 saturated carbocycles. The molecule has 16 heavy (non-hydrogen) atoms. The summed E-state index contributed by atoms with van der Waals surface area (Å²) in [7, 11) is 1.67. The summed E-state index contributed by atoms with van der Waals surface area (Å²) in [6.07, 6.45) is 2.45. The highest BCUT2D eigenvalue weighted by Gasteiger charge is 2.05. The normalized spacial score (nSPS) is 12.1. The van der Waals surface area contributed by atoms with Gasteiger partial charge in [0.1, 0.15) is 5.69 Å². The standard InChI is InChI=1S/C11H17N3O2/c1-8(4-6-16-2)14-9-3-5-13-10(7-9)11(12)15/h3,5,7-8H,4,6H2,1-2H3,(H2,12,15)(H,13,14). The molecule has 0 saturated heterocycles. The predicted octanol–water partition coefficient (Wildman–Crippen LogP) is 1.02. The molecule has 1 heterocycles. The van der Waals surface area contributed by atoms with E-state index in [1.165, 1.54) is 0 Å². The van der Waals surface area contributed by atoms with Crippen LogP contribution < -0.4 is 11.1 Å². The van der Waals surface area contributed by atoms with E-state index >= 15 is 0 Å². The lowest BCUT2D eigenvalue weighted by Crippen LogP contribution is -2.18. The van der Waals surface area contributed by atoms with Crippen molar-refractivity contribution < 1.29 is 9.53 Å². The second-order valence-corrected chi connectivity index (χ2v) is 3.62. The van der Waals surface area contributed by atoms with E-state index < -0.39 is 5.91 Å². The number of nitrogens with zero attached hydrogens (tertiary/aromatic N) is 1. The van der Waals surface area contributed by atoms with Crippen LogP contribution in [0.4, 0.5) is 5.69 Å². The van der Waals surface area contributed by atoms with Crippen LogP contribution in [0.5, 0.6) is 0 Å². The number of nitrogens with one attached hydrogen (secondary N) is 1. The van der Waals surface area contributed by atoms with E-state index in [2.05, 4.69) is 10.3 Å². The molecule has 1 aromatic heterocycles. The molecule has 0 aliphatic carbocycles. The van der Waals surface area contributed by atoms with E-state index in [4.69, 9.17) is 10.5 Å². The molecule has 3 N–H and O–H groups in total. The Morgan fingerprint density at radius 2 is 2.44 bits per heavy atom. The van der Waals surface area contributed by atoms with Crippen molar-refractivity contribution in [2.75, 3.05) is 19.0 Å². The minimum atomic E-state index is -0.520. The van der Waals surface area contributed by atoms with Crippen LogP contribution in [0.1, 0.15) is 23.8 Å². The van der Waals surface area contributed by atoms with Crippen molar-refractivity contribution in [2.24, 2.45) is 5.73 Å². The number of primary amides is 1. The number of methoxy groups -OCH3 is 1. The molecule has 1 aromatic rings. The highest BCUT2D eigenvalue weighted by molar-refractivity contribution is 5.91. The number of pyridine rings is 1. The Balaban J connectivity index is 2.59. The van der Waals surface area contributed by atoms with Crippen molar-refractivity contribution in [3.8, 4) is 0 Å². The summed E-state index contributed by atoms with van der Waals surface area (Å²) in [5, 5.41) is 3.24. The van der Waals surface area contributed by atoms with E-state index in [0.717, 1.165) is 12.1 Å². The van der Waals surface area contributed by atoms with E-state index in [1.807, 2.05) is 6.92 Å². The molecular formula is C11H17N3O2. The summed E-state index contributed by atoms with van der Waals surface area (Å²) >= 11 is 0.